The summed E-state index contributed by atoms with van der Waals surface area (Å²) in [6.07, 6.45) is 7.31. The summed E-state index contributed by atoms with van der Waals surface area (Å²) in [7, 11) is 1.86. The molecule has 0 amide bonds. The maximum atomic E-state index is 6.18. The normalized spacial score (nSPS) is 15.9. The van der Waals surface area contributed by atoms with Crippen LogP contribution in [0.4, 0.5) is 17.5 Å². The third kappa shape index (κ3) is 3.62. The first kappa shape index (κ1) is 14.1. The van der Waals surface area contributed by atoms with Crippen LogP contribution in [0.2, 0.25) is 5.02 Å². The molecular formula is C13H18ClN7. The predicted octanol–water partition coefficient (Wildman–Crippen LogP) is 1.77. The number of aryl methyl sites for hydroxylation is 1. The maximum Gasteiger partial charge on any atom is 0.229 e. The lowest BCUT2D eigenvalue weighted by Gasteiger charge is -2.24. The number of nitrogens with one attached hydrogen (secondary N) is 3. The summed E-state index contributed by atoms with van der Waals surface area (Å²) in [5.41, 5.74) is 0.840. The summed E-state index contributed by atoms with van der Waals surface area (Å²) in [6, 6.07) is 0.393. The molecular weight excluding hydrogens is 290 g/mol. The molecule has 112 valence electrons. The van der Waals surface area contributed by atoms with Gasteiger partial charge in [0, 0.05) is 19.3 Å². The van der Waals surface area contributed by atoms with E-state index in [0.717, 1.165) is 31.6 Å². The highest BCUT2D eigenvalue weighted by Crippen LogP contribution is 2.23. The van der Waals surface area contributed by atoms with Crippen molar-refractivity contribution in [3.05, 3.63) is 23.6 Å². The highest BCUT2D eigenvalue weighted by atomic mass is 35.5. The van der Waals surface area contributed by atoms with Crippen molar-refractivity contribution in [1.29, 1.82) is 0 Å². The van der Waals surface area contributed by atoms with Gasteiger partial charge in [0.1, 0.15) is 5.02 Å². The van der Waals surface area contributed by atoms with Gasteiger partial charge in [-0.05, 0) is 25.9 Å². The molecule has 0 bridgehead atoms. The Labute approximate surface area is 128 Å². The number of nitrogens with zero attached hydrogens (tertiary/aromatic N) is 4. The van der Waals surface area contributed by atoms with Crippen LogP contribution in [-0.4, -0.2) is 38.9 Å². The number of anilines is 3. The average molecular weight is 308 g/mol. The number of halogens is 1. The van der Waals surface area contributed by atoms with E-state index in [0.29, 0.717) is 22.8 Å². The monoisotopic (exact) mass is 307 g/mol. The quantitative estimate of drug-likeness (QED) is 0.799. The van der Waals surface area contributed by atoms with Gasteiger partial charge in [-0.2, -0.15) is 10.1 Å². The van der Waals surface area contributed by atoms with Gasteiger partial charge in [-0.1, -0.05) is 11.6 Å². The lowest BCUT2D eigenvalue weighted by Crippen LogP contribution is -2.35. The minimum absolute atomic E-state index is 0.393. The van der Waals surface area contributed by atoms with Gasteiger partial charge in [0.05, 0.1) is 18.1 Å². The summed E-state index contributed by atoms with van der Waals surface area (Å²) >= 11 is 6.18. The summed E-state index contributed by atoms with van der Waals surface area (Å²) in [5, 5.41) is 14.5. The number of rotatable bonds is 4. The van der Waals surface area contributed by atoms with Crippen LogP contribution in [0, 0.1) is 0 Å². The largest absolute Gasteiger partial charge is 0.366 e. The van der Waals surface area contributed by atoms with Gasteiger partial charge in [-0.3, -0.25) is 4.68 Å². The molecule has 0 radical (unpaired) electrons. The zero-order chi connectivity index (χ0) is 14.7. The van der Waals surface area contributed by atoms with Crippen LogP contribution < -0.4 is 16.0 Å². The van der Waals surface area contributed by atoms with Crippen molar-refractivity contribution in [2.75, 3.05) is 23.7 Å². The third-order valence-corrected chi connectivity index (χ3v) is 3.66. The second-order valence-electron chi connectivity index (χ2n) is 5.09. The topological polar surface area (TPSA) is 79.7 Å². The summed E-state index contributed by atoms with van der Waals surface area (Å²) < 4.78 is 1.71. The van der Waals surface area contributed by atoms with E-state index in [2.05, 4.69) is 31.0 Å². The first-order valence-electron chi connectivity index (χ1n) is 6.96. The summed E-state index contributed by atoms with van der Waals surface area (Å²) in [6.45, 7) is 2.03. The molecule has 0 unspecified atom stereocenters. The lowest BCUT2D eigenvalue weighted by atomic mass is 10.1. The fraction of sp³-hybridized carbons (Fsp3) is 0.462. The molecule has 3 heterocycles. The van der Waals surface area contributed by atoms with Gasteiger partial charge >= 0.3 is 0 Å². The molecule has 1 fully saturated rings. The lowest BCUT2D eigenvalue weighted by molar-refractivity contribution is 0.478. The van der Waals surface area contributed by atoms with E-state index in [1.165, 1.54) is 0 Å². The minimum Gasteiger partial charge on any atom is -0.366 e. The molecule has 1 aliphatic rings. The maximum absolute atomic E-state index is 6.18. The molecule has 21 heavy (non-hydrogen) atoms. The van der Waals surface area contributed by atoms with Crippen LogP contribution in [0.3, 0.4) is 0 Å². The van der Waals surface area contributed by atoms with Crippen LogP contribution >= 0.6 is 11.6 Å². The Hall–Kier alpha value is -1.86. The van der Waals surface area contributed by atoms with Gasteiger partial charge < -0.3 is 16.0 Å². The number of hydrogen-bond donors (Lipinski definition) is 3. The molecule has 7 nitrogen and oxygen atoms in total. The molecule has 1 saturated heterocycles. The van der Waals surface area contributed by atoms with E-state index in [9.17, 15) is 0 Å². The Bertz CT molecular complexity index is 606. The molecule has 1 aliphatic heterocycles. The molecule has 0 aliphatic carbocycles. The Morgan fingerprint density at radius 2 is 2.14 bits per heavy atom. The van der Waals surface area contributed by atoms with Crippen molar-refractivity contribution in [3.63, 3.8) is 0 Å². The molecule has 0 spiro atoms. The van der Waals surface area contributed by atoms with Crippen LogP contribution in [0.1, 0.15) is 12.8 Å². The molecule has 0 saturated carbocycles. The van der Waals surface area contributed by atoms with Crippen LogP contribution in [-0.2, 0) is 7.05 Å². The molecule has 2 aromatic heterocycles. The van der Waals surface area contributed by atoms with E-state index in [1.54, 1.807) is 17.1 Å². The Kier molecular flexibility index (Phi) is 4.21. The summed E-state index contributed by atoms with van der Waals surface area (Å²) in [5.74, 6) is 1.17. The third-order valence-electron chi connectivity index (χ3n) is 3.39. The van der Waals surface area contributed by atoms with Gasteiger partial charge in [0.15, 0.2) is 5.82 Å². The second-order valence-corrected chi connectivity index (χ2v) is 5.49. The SMILES string of the molecule is Cn1cc(Nc2ncc(Cl)c(NC3CCNCC3)n2)cn1. The van der Waals surface area contributed by atoms with E-state index in [1.807, 2.05) is 13.2 Å². The predicted molar refractivity (Wildman–Crippen MR) is 83.0 cm³/mol. The number of aromatic nitrogens is 4. The van der Waals surface area contributed by atoms with Crippen molar-refractivity contribution < 1.29 is 0 Å². The zero-order valence-electron chi connectivity index (χ0n) is 11.8. The highest BCUT2D eigenvalue weighted by molar-refractivity contribution is 6.32. The standard InChI is InChI=1S/C13H18ClN7/c1-21-8-10(6-17-21)19-13-16-7-11(14)12(20-13)18-9-2-4-15-5-3-9/h6-9,15H,2-5H2,1H3,(H2,16,18,19,20). The number of hydrogen-bond acceptors (Lipinski definition) is 6. The van der Waals surface area contributed by atoms with Gasteiger partial charge in [0.2, 0.25) is 5.95 Å². The van der Waals surface area contributed by atoms with Gasteiger partial charge in [0.25, 0.3) is 0 Å². The van der Waals surface area contributed by atoms with E-state index >= 15 is 0 Å². The van der Waals surface area contributed by atoms with Crippen LogP contribution in [0.15, 0.2) is 18.6 Å². The van der Waals surface area contributed by atoms with Crippen molar-refractivity contribution in [2.24, 2.45) is 7.05 Å². The first-order valence-corrected chi connectivity index (χ1v) is 7.34. The average Bonchev–Trinajstić information content (AvgIpc) is 2.89. The van der Waals surface area contributed by atoms with E-state index in [4.69, 9.17) is 11.6 Å². The Balaban J connectivity index is 1.72. The van der Waals surface area contributed by atoms with Gasteiger partial charge in [-0.25, -0.2) is 4.98 Å². The fourth-order valence-corrected chi connectivity index (χ4v) is 2.45. The zero-order valence-corrected chi connectivity index (χ0v) is 12.6. The van der Waals surface area contributed by atoms with E-state index < -0.39 is 0 Å². The Morgan fingerprint density at radius 3 is 2.86 bits per heavy atom. The smallest absolute Gasteiger partial charge is 0.229 e. The molecule has 0 aromatic carbocycles. The van der Waals surface area contributed by atoms with Crippen molar-refractivity contribution in [3.8, 4) is 0 Å². The summed E-state index contributed by atoms with van der Waals surface area (Å²) in [4.78, 5) is 8.64. The van der Waals surface area contributed by atoms with Crippen molar-refractivity contribution in [1.82, 2.24) is 25.1 Å². The van der Waals surface area contributed by atoms with Crippen LogP contribution in [0.25, 0.3) is 0 Å². The second kappa shape index (κ2) is 6.28. The van der Waals surface area contributed by atoms with Crippen molar-refractivity contribution >= 4 is 29.1 Å². The highest BCUT2D eigenvalue weighted by Gasteiger charge is 2.15. The van der Waals surface area contributed by atoms with E-state index in [-0.39, 0.29) is 0 Å². The molecule has 8 heteroatoms. The molecule has 0 atom stereocenters. The first-order chi connectivity index (χ1) is 10.2. The minimum atomic E-state index is 0.393. The van der Waals surface area contributed by atoms with Crippen molar-refractivity contribution in [2.45, 2.75) is 18.9 Å². The molecule has 3 rings (SSSR count). The van der Waals surface area contributed by atoms with Crippen LogP contribution in [0.5, 0.6) is 0 Å². The number of piperidine rings is 1. The molecule has 2 aromatic rings. The fourth-order valence-electron chi connectivity index (χ4n) is 2.30. The molecule has 3 N–H and O–H groups in total. The Morgan fingerprint density at radius 1 is 1.33 bits per heavy atom. The van der Waals surface area contributed by atoms with Gasteiger partial charge in [-0.15, -0.1) is 0 Å².